The number of rotatable bonds is 6. The summed E-state index contributed by atoms with van der Waals surface area (Å²) >= 11 is 3.50. The second-order valence-corrected chi connectivity index (χ2v) is 8.87. The first-order chi connectivity index (χ1) is 15.7. The summed E-state index contributed by atoms with van der Waals surface area (Å²) in [5.41, 5.74) is 4.95. The summed E-state index contributed by atoms with van der Waals surface area (Å²) < 4.78 is 16.5. The SMILES string of the molecule is N=c1n(Cc2ccc(Br)cc2)c2ccccc2n1C(CC1=CC=CCC1)C1=COC=CO1. The van der Waals surface area contributed by atoms with Gasteiger partial charge in [0.25, 0.3) is 0 Å². The van der Waals surface area contributed by atoms with E-state index in [4.69, 9.17) is 9.47 Å². The maximum atomic E-state index is 9.17. The maximum Gasteiger partial charge on any atom is 0.204 e. The van der Waals surface area contributed by atoms with E-state index in [2.05, 4.69) is 67.6 Å². The number of allylic oxidation sites excluding steroid dienone is 5. The summed E-state index contributed by atoms with van der Waals surface area (Å²) in [5, 5.41) is 9.17. The molecule has 5 rings (SSSR count). The van der Waals surface area contributed by atoms with Gasteiger partial charge in [0.15, 0.2) is 5.76 Å². The first-order valence-electron chi connectivity index (χ1n) is 10.7. The highest BCUT2D eigenvalue weighted by Crippen LogP contribution is 2.33. The van der Waals surface area contributed by atoms with E-state index in [9.17, 15) is 5.41 Å². The Labute approximate surface area is 195 Å². The molecule has 5 nitrogen and oxygen atoms in total. The minimum Gasteiger partial charge on any atom is -0.466 e. The monoisotopic (exact) mass is 489 g/mol. The summed E-state index contributed by atoms with van der Waals surface area (Å²) in [6.45, 7) is 0.619. The normalized spacial score (nSPS) is 16.3. The number of nitrogens with one attached hydrogen (secondary N) is 1. The predicted octanol–water partition coefficient (Wildman–Crippen LogP) is 6.30. The molecule has 1 aliphatic heterocycles. The lowest BCUT2D eigenvalue weighted by molar-refractivity contribution is 0.217. The first-order valence-corrected chi connectivity index (χ1v) is 11.5. The molecule has 0 fully saturated rings. The van der Waals surface area contributed by atoms with Crippen LogP contribution in [0.1, 0.15) is 30.9 Å². The van der Waals surface area contributed by atoms with Crippen LogP contribution in [0.2, 0.25) is 0 Å². The fourth-order valence-electron chi connectivity index (χ4n) is 4.32. The number of nitrogens with zero attached hydrogens (tertiary/aromatic N) is 2. The average molecular weight is 490 g/mol. The number of benzene rings is 2. The molecule has 1 atom stereocenters. The molecule has 0 saturated heterocycles. The average Bonchev–Trinajstić information content (AvgIpc) is 3.11. The predicted molar refractivity (Wildman–Crippen MR) is 129 cm³/mol. The minimum atomic E-state index is -0.179. The van der Waals surface area contributed by atoms with Crippen molar-refractivity contribution in [2.24, 2.45) is 0 Å². The van der Waals surface area contributed by atoms with Gasteiger partial charge in [-0.1, -0.05) is 64.0 Å². The van der Waals surface area contributed by atoms with E-state index in [1.54, 1.807) is 12.5 Å². The highest BCUT2D eigenvalue weighted by molar-refractivity contribution is 9.10. The Morgan fingerprint density at radius 2 is 1.84 bits per heavy atom. The van der Waals surface area contributed by atoms with Gasteiger partial charge in [-0.3, -0.25) is 9.98 Å². The number of para-hydroxylation sites is 2. The molecule has 0 bridgehead atoms. The molecule has 0 radical (unpaired) electrons. The molecule has 3 aromatic rings. The van der Waals surface area contributed by atoms with Crippen LogP contribution in [0.4, 0.5) is 0 Å². The molecule has 162 valence electrons. The van der Waals surface area contributed by atoms with Gasteiger partial charge in [0.2, 0.25) is 5.62 Å². The fraction of sp³-hybridized carbons (Fsp3) is 0.192. The van der Waals surface area contributed by atoms with Crippen molar-refractivity contribution in [2.45, 2.75) is 31.8 Å². The lowest BCUT2D eigenvalue weighted by Gasteiger charge is -2.24. The van der Waals surface area contributed by atoms with Crippen LogP contribution in [0, 0.1) is 5.41 Å². The van der Waals surface area contributed by atoms with Gasteiger partial charge in [-0.2, -0.15) is 0 Å². The van der Waals surface area contributed by atoms with Crippen LogP contribution in [-0.2, 0) is 16.0 Å². The largest absolute Gasteiger partial charge is 0.466 e. The highest BCUT2D eigenvalue weighted by Gasteiger charge is 2.26. The van der Waals surface area contributed by atoms with E-state index >= 15 is 0 Å². The number of halogens is 1. The first kappa shape index (κ1) is 20.6. The van der Waals surface area contributed by atoms with E-state index in [1.165, 1.54) is 11.8 Å². The van der Waals surface area contributed by atoms with Crippen molar-refractivity contribution < 1.29 is 9.47 Å². The molecule has 2 aliphatic rings. The molecule has 0 spiro atoms. The smallest absolute Gasteiger partial charge is 0.204 e. The molecule has 1 aromatic heterocycles. The maximum absolute atomic E-state index is 9.17. The molecular weight excluding hydrogens is 466 g/mol. The Bertz CT molecular complexity index is 1310. The molecule has 0 amide bonds. The topological polar surface area (TPSA) is 52.2 Å². The van der Waals surface area contributed by atoms with Gasteiger partial charge in [-0.15, -0.1) is 0 Å². The van der Waals surface area contributed by atoms with Crippen molar-refractivity contribution in [3.63, 3.8) is 0 Å². The second-order valence-electron chi connectivity index (χ2n) is 7.95. The molecule has 2 heterocycles. The van der Waals surface area contributed by atoms with Gasteiger partial charge >= 0.3 is 0 Å². The summed E-state index contributed by atoms with van der Waals surface area (Å²) in [7, 11) is 0. The molecule has 6 heteroatoms. The Morgan fingerprint density at radius 1 is 1.03 bits per heavy atom. The van der Waals surface area contributed by atoms with Crippen LogP contribution in [0.15, 0.2) is 101 Å². The van der Waals surface area contributed by atoms with Crippen LogP contribution < -0.4 is 5.62 Å². The Morgan fingerprint density at radius 3 is 2.56 bits per heavy atom. The van der Waals surface area contributed by atoms with E-state index in [0.717, 1.165) is 40.3 Å². The number of hydrogen-bond acceptors (Lipinski definition) is 3. The van der Waals surface area contributed by atoms with Crippen molar-refractivity contribution in [1.29, 1.82) is 5.41 Å². The second kappa shape index (κ2) is 9.09. The third kappa shape index (κ3) is 4.10. The highest BCUT2D eigenvalue weighted by atomic mass is 79.9. The molecular formula is C26H24BrN3O2. The van der Waals surface area contributed by atoms with Crippen molar-refractivity contribution >= 4 is 27.0 Å². The molecule has 1 N–H and O–H groups in total. The standard InChI is InChI=1S/C26H24BrN3O2/c27-21-12-10-20(11-13-21)17-29-22-8-4-5-9-23(22)30(26(29)28)24(25-18-31-14-15-32-25)16-19-6-2-1-3-7-19/h1-2,4-6,8-15,18,24,28H,3,7,16-17H2. The number of aromatic nitrogens is 2. The molecule has 1 unspecified atom stereocenters. The lowest BCUT2D eigenvalue weighted by atomic mass is 9.97. The van der Waals surface area contributed by atoms with Crippen molar-refractivity contribution in [1.82, 2.24) is 9.13 Å². The molecule has 1 aliphatic carbocycles. The van der Waals surface area contributed by atoms with E-state index in [1.807, 2.05) is 24.3 Å². The van der Waals surface area contributed by atoms with E-state index in [0.29, 0.717) is 17.9 Å². The Hall–Kier alpha value is -3.25. The number of hydrogen-bond donors (Lipinski definition) is 1. The van der Waals surface area contributed by atoms with Crippen LogP contribution >= 0.6 is 15.9 Å². The quantitative estimate of drug-likeness (QED) is 0.441. The fourth-order valence-corrected chi connectivity index (χ4v) is 4.59. The zero-order valence-corrected chi connectivity index (χ0v) is 19.2. The van der Waals surface area contributed by atoms with Gasteiger partial charge in [0.1, 0.15) is 24.8 Å². The van der Waals surface area contributed by atoms with Crippen molar-refractivity contribution in [2.75, 3.05) is 0 Å². The van der Waals surface area contributed by atoms with Gasteiger partial charge in [-0.05, 0) is 49.1 Å². The Kier molecular flexibility index (Phi) is 5.86. The summed E-state index contributed by atoms with van der Waals surface area (Å²) in [6.07, 6.45) is 14.0. The van der Waals surface area contributed by atoms with Gasteiger partial charge < -0.3 is 14.0 Å². The zero-order chi connectivity index (χ0) is 21.9. The molecule has 32 heavy (non-hydrogen) atoms. The molecule has 2 aromatic carbocycles. The summed E-state index contributed by atoms with van der Waals surface area (Å²) in [4.78, 5) is 0. The van der Waals surface area contributed by atoms with Crippen LogP contribution in [-0.4, -0.2) is 9.13 Å². The minimum absolute atomic E-state index is 0.179. The van der Waals surface area contributed by atoms with Gasteiger partial charge in [0.05, 0.1) is 17.6 Å². The zero-order valence-electron chi connectivity index (χ0n) is 17.6. The third-order valence-corrected chi connectivity index (χ3v) is 6.42. The van der Waals surface area contributed by atoms with Crippen molar-refractivity contribution in [3.05, 3.63) is 113 Å². The van der Waals surface area contributed by atoms with Gasteiger partial charge in [-0.25, -0.2) is 0 Å². The van der Waals surface area contributed by atoms with E-state index in [-0.39, 0.29) is 6.04 Å². The van der Waals surface area contributed by atoms with Crippen LogP contribution in [0.5, 0.6) is 0 Å². The number of fused-ring (bicyclic) bond motifs is 1. The molecule has 0 saturated carbocycles. The summed E-state index contributed by atoms with van der Waals surface area (Å²) in [6, 6.07) is 16.3. The third-order valence-electron chi connectivity index (χ3n) is 5.89. The van der Waals surface area contributed by atoms with Gasteiger partial charge in [0, 0.05) is 4.47 Å². The number of imidazole rings is 1. The lowest BCUT2D eigenvalue weighted by Crippen LogP contribution is -2.30. The Balaban J connectivity index is 1.63. The van der Waals surface area contributed by atoms with Crippen LogP contribution in [0.3, 0.4) is 0 Å². The summed E-state index contributed by atoms with van der Waals surface area (Å²) in [5.74, 6) is 0.702. The van der Waals surface area contributed by atoms with Crippen LogP contribution in [0.25, 0.3) is 11.0 Å². The van der Waals surface area contributed by atoms with Crippen molar-refractivity contribution in [3.8, 4) is 0 Å². The van der Waals surface area contributed by atoms with E-state index < -0.39 is 0 Å². The number of ether oxygens (including phenoxy) is 2.